The van der Waals surface area contributed by atoms with Crippen molar-refractivity contribution >= 4 is 31.9 Å². The summed E-state index contributed by atoms with van der Waals surface area (Å²) in [6.45, 7) is 2.70. The zero-order valence-electron chi connectivity index (χ0n) is 9.92. The van der Waals surface area contributed by atoms with Crippen LogP contribution < -0.4 is 10.1 Å². The second-order valence-electron chi connectivity index (χ2n) is 3.81. The van der Waals surface area contributed by atoms with Crippen LogP contribution in [0.15, 0.2) is 28.7 Å². The molecule has 4 heteroatoms. The summed E-state index contributed by atoms with van der Waals surface area (Å²) >= 11 is 6.85. The van der Waals surface area contributed by atoms with Crippen molar-refractivity contribution in [3.05, 3.63) is 28.7 Å². The molecule has 1 aromatic carbocycles. The van der Waals surface area contributed by atoms with Crippen LogP contribution in [0.5, 0.6) is 5.75 Å². The largest absolute Gasteiger partial charge is 0.492 e. The molecule has 0 atom stereocenters. The van der Waals surface area contributed by atoms with Crippen LogP contribution in [0, 0.1) is 0 Å². The molecule has 0 heterocycles. The average molecular weight is 365 g/mol. The normalized spacial score (nSPS) is 10.5. The van der Waals surface area contributed by atoms with Gasteiger partial charge in [0, 0.05) is 16.3 Å². The molecule has 0 saturated carbocycles. The fourth-order valence-electron chi connectivity index (χ4n) is 1.44. The Balaban J connectivity index is 1.97. The van der Waals surface area contributed by atoms with E-state index in [4.69, 9.17) is 4.74 Å². The van der Waals surface area contributed by atoms with Gasteiger partial charge in [-0.2, -0.15) is 0 Å². The fraction of sp³-hybridized carbons (Fsp3) is 0.538. The lowest BCUT2D eigenvalue weighted by Gasteiger charge is -2.07. The summed E-state index contributed by atoms with van der Waals surface area (Å²) in [5, 5.41) is 4.49. The zero-order valence-corrected chi connectivity index (χ0v) is 13.1. The number of unbranched alkanes of at least 4 members (excludes halogenated alkanes) is 2. The summed E-state index contributed by atoms with van der Waals surface area (Å²) < 4.78 is 6.67. The van der Waals surface area contributed by atoms with Crippen LogP contribution in [-0.4, -0.2) is 25.0 Å². The minimum absolute atomic E-state index is 0.717. The van der Waals surface area contributed by atoms with Crippen LogP contribution in [0.2, 0.25) is 0 Å². The molecule has 17 heavy (non-hydrogen) atoms. The Morgan fingerprint density at radius 3 is 2.76 bits per heavy atom. The number of halogens is 2. The van der Waals surface area contributed by atoms with Gasteiger partial charge in [-0.05, 0) is 37.6 Å². The highest BCUT2D eigenvalue weighted by molar-refractivity contribution is 9.10. The maximum Gasteiger partial charge on any atom is 0.120 e. The molecule has 0 aliphatic rings. The Kier molecular flexibility index (Phi) is 8.75. The van der Waals surface area contributed by atoms with Crippen molar-refractivity contribution in [3.63, 3.8) is 0 Å². The van der Waals surface area contributed by atoms with Gasteiger partial charge in [-0.25, -0.2) is 0 Å². The van der Waals surface area contributed by atoms with Crippen molar-refractivity contribution in [2.45, 2.75) is 19.3 Å². The maximum atomic E-state index is 5.61. The summed E-state index contributed by atoms with van der Waals surface area (Å²) in [4.78, 5) is 0. The lowest BCUT2D eigenvalue weighted by atomic mass is 10.2. The minimum atomic E-state index is 0.717. The van der Waals surface area contributed by atoms with Crippen molar-refractivity contribution in [1.29, 1.82) is 0 Å². The molecular formula is C13H19Br2NO. The quantitative estimate of drug-likeness (QED) is 0.528. The molecule has 0 amide bonds. The second-order valence-corrected chi connectivity index (χ2v) is 5.51. The summed E-state index contributed by atoms with van der Waals surface area (Å²) in [6, 6.07) is 7.93. The van der Waals surface area contributed by atoms with Crippen LogP contribution in [-0.2, 0) is 0 Å². The Bertz CT molecular complexity index is 307. The third-order valence-electron chi connectivity index (χ3n) is 2.33. The van der Waals surface area contributed by atoms with Gasteiger partial charge in [0.2, 0.25) is 0 Å². The number of hydrogen-bond donors (Lipinski definition) is 1. The average Bonchev–Trinajstić information content (AvgIpc) is 2.33. The second kappa shape index (κ2) is 9.92. The third kappa shape index (κ3) is 7.79. The summed E-state index contributed by atoms with van der Waals surface area (Å²) in [5.74, 6) is 0.917. The molecule has 0 aromatic heterocycles. The summed E-state index contributed by atoms with van der Waals surface area (Å²) in [6.07, 6.45) is 3.78. The van der Waals surface area contributed by atoms with Crippen LogP contribution in [0.4, 0.5) is 0 Å². The molecule has 2 nitrogen and oxygen atoms in total. The molecule has 96 valence electrons. The predicted octanol–water partition coefficient (Wildman–Crippen LogP) is 3.98. The van der Waals surface area contributed by atoms with Gasteiger partial charge in [-0.15, -0.1) is 0 Å². The van der Waals surface area contributed by atoms with E-state index in [2.05, 4.69) is 37.2 Å². The molecule has 0 saturated heterocycles. The van der Waals surface area contributed by atoms with E-state index in [1.54, 1.807) is 0 Å². The fourth-order valence-corrected chi connectivity index (χ4v) is 2.22. The molecule has 0 unspecified atom stereocenters. The molecule has 0 aliphatic carbocycles. The standard InChI is InChI=1S/C13H19Br2NO/c14-7-2-1-3-8-16-9-10-17-13-6-4-5-12(15)11-13/h4-6,11,16H,1-3,7-10H2. The van der Waals surface area contributed by atoms with E-state index in [1.165, 1.54) is 19.3 Å². The van der Waals surface area contributed by atoms with E-state index in [0.717, 1.165) is 35.2 Å². The predicted molar refractivity (Wildman–Crippen MR) is 80.2 cm³/mol. The van der Waals surface area contributed by atoms with E-state index in [0.29, 0.717) is 0 Å². The van der Waals surface area contributed by atoms with Crippen LogP contribution >= 0.6 is 31.9 Å². The Morgan fingerprint density at radius 2 is 2.00 bits per heavy atom. The highest BCUT2D eigenvalue weighted by Crippen LogP contribution is 2.17. The number of hydrogen-bond acceptors (Lipinski definition) is 2. The highest BCUT2D eigenvalue weighted by atomic mass is 79.9. The van der Waals surface area contributed by atoms with Crippen molar-refractivity contribution < 1.29 is 4.74 Å². The van der Waals surface area contributed by atoms with Crippen molar-refractivity contribution in [2.24, 2.45) is 0 Å². The molecule has 0 fully saturated rings. The number of ether oxygens (including phenoxy) is 1. The number of rotatable bonds is 9. The van der Waals surface area contributed by atoms with Gasteiger partial charge in [-0.1, -0.05) is 44.3 Å². The highest BCUT2D eigenvalue weighted by Gasteiger charge is 1.94. The Labute approximate surface area is 120 Å². The molecule has 0 bridgehead atoms. The SMILES string of the molecule is BrCCCCCNCCOc1cccc(Br)c1. The topological polar surface area (TPSA) is 21.3 Å². The maximum absolute atomic E-state index is 5.61. The van der Waals surface area contributed by atoms with E-state index in [1.807, 2.05) is 24.3 Å². The van der Waals surface area contributed by atoms with E-state index in [9.17, 15) is 0 Å². The van der Waals surface area contributed by atoms with E-state index in [-0.39, 0.29) is 0 Å². The molecule has 0 spiro atoms. The summed E-state index contributed by atoms with van der Waals surface area (Å²) in [7, 11) is 0. The molecule has 1 rings (SSSR count). The molecule has 1 aromatic rings. The van der Waals surface area contributed by atoms with E-state index < -0.39 is 0 Å². The van der Waals surface area contributed by atoms with Crippen LogP contribution in [0.25, 0.3) is 0 Å². The number of benzene rings is 1. The number of alkyl halides is 1. The first kappa shape index (κ1) is 15.0. The zero-order chi connectivity index (χ0) is 12.3. The molecule has 0 radical (unpaired) electrons. The monoisotopic (exact) mass is 363 g/mol. The van der Waals surface area contributed by atoms with Gasteiger partial charge >= 0.3 is 0 Å². The Morgan fingerprint density at radius 1 is 1.12 bits per heavy atom. The first-order valence-electron chi connectivity index (χ1n) is 5.98. The Hall–Kier alpha value is -0.0600. The number of nitrogens with one attached hydrogen (secondary N) is 1. The van der Waals surface area contributed by atoms with E-state index >= 15 is 0 Å². The molecular weight excluding hydrogens is 346 g/mol. The van der Waals surface area contributed by atoms with Gasteiger partial charge in [0.05, 0.1) is 0 Å². The lowest BCUT2D eigenvalue weighted by Crippen LogP contribution is -2.22. The van der Waals surface area contributed by atoms with Gasteiger partial charge in [0.25, 0.3) is 0 Å². The van der Waals surface area contributed by atoms with Gasteiger partial charge in [0.15, 0.2) is 0 Å². The van der Waals surface area contributed by atoms with Gasteiger partial charge in [-0.3, -0.25) is 0 Å². The van der Waals surface area contributed by atoms with Crippen LogP contribution in [0.3, 0.4) is 0 Å². The van der Waals surface area contributed by atoms with Crippen molar-refractivity contribution in [1.82, 2.24) is 5.32 Å². The first-order chi connectivity index (χ1) is 8.33. The van der Waals surface area contributed by atoms with Crippen molar-refractivity contribution in [3.8, 4) is 5.75 Å². The third-order valence-corrected chi connectivity index (χ3v) is 3.38. The molecule has 1 N–H and O–H groups in total. The molecule has 0 aliphatic heterocycles. The van der Waals surface area contributed by atoms with Crippen LogP contribution in [0.1, 0.15) is 19.3 Å². The van der Waals surface area contributed by atoms with Crippen molar-refractivity contribution in [2.75, 3.05) is 25.0 Å². The summed E-state index contributed by atoms with van der Waals surface area (Å²) in [5.41, 5.74) is 0. The smallest absolute Gasteiger partial charge is 0.120 e. The van der Waals surface area contributed by atoms with Gasteiger partial charge in [0.1, 0.15) is 12.4 Å². The first-order valence-corrected chi connectivity index (χ1v) is 7.89. The van der Waals surface area contributed by atoms with Gasteiger partial charge < -0.3 is 10.1 Å². The lowest BCUT2D eigenvalue weighted by molar-refractivity contribution is 0.313. The minimum Gasteiger partial charge on any atom is -0.492 e.